The van der Waals surface area contributed by atoms with Crippen LogP contribution in [0.15, 0.2) is 54.6 Å². The van der Waals surface area contributed by atoms with Gasteiger partial charge in [-0.3, -0.25) is 9.59 Å². The Bertz CT molecular complexity index is 612. The van der Waals surface area contributed by atoms with Crippen LogP contribution in [0.4, 0.5) is 0 Å². The van der Waals surface area contributed by atoms with Crippen molar-refractivity contribution in [2.24, 2.45) is 0 Å². The molecule has 20 heavy (non-hydrogen) atoms. The van der Waals surface area contributed by atoms with Crippen LogP contribution in [0.1, 0.15) is 20.7 Å². The molecule has 1 amide bonds. The quantitative estimate of drug-likeness (QED) is 0.534. The molecule has 1 N–H and O–H groups in total. The maximum atomic E-state index is 12.0. The van der Waals surface area contributed by atoms with E-state index in [1.54, 1.807) is 54.6 Å². The van der Waals surface area contributed by atoms with E-state index in [0.29, 0.717) is 16.1 Å². The predicted octanol–water partition coefficient (Wildman–Crippen LogP) is 3.52. The Hall–Kier alpha value is -1.84. The van der Waals surface area contributed by atoms with Gasteiger partial charge >= 0.3 is 0 Å². The lowest BCUT2D eigenvalue weighted by Crippen LogP contribution is -2.36. The van der Waals surface area contributed by atoms with Crippen molar-refractivity contribution in [3.05, 3.63) is 70.7 Å². The Labute approximate surface area is 126 Å². The Balaban J connectivity index is 2.05. The average molecular weight is 308 g/mol. The minimum Gasteiger partial charge on any atom is -0.329 e. The van der Waals surface area contributed by atoms with Crippen LogP contribution >= 0.6 is 23.2 Å². The molecule has 2 rings (SSSR count). The van der Waals surface area contributed by atoms with Crippen molar-refractivity contribution in [3.63, 3.8) is 0 Å². The van der Waals surface area contributed by atoms with Crippen molar-refractivity contribution in [1.29, 1.82) is 0 Å². The number of amides is 1. The van der Waals surface area contributed by atoms with Crippen LogP contribution in [0.2, 0.25) is 5.02 Å². The van der Waals surface area contributed by atoms with Gasteiger partial charge in [0.25, 0.3) is 5.91 Å². The number of ketones is 1. The number of alkyl halides is 1. The lowest BCUT2D eigenvalue weighted by atomic mass is 10.1. The number of hydrogen-bond donors (Lipinski definition) is 1. The second-order valence-electron chi connectivity index (χ2n) is 4.07. The topological polar surface area (TPSA) is 46.2 Å². The van der Waals surface area contributed by atoms with Gasteiger partial charge in [-0.05, 0) is 36.4 Å². The summed E-state index contributed by atoms with van der Waals surface area (Å²) in [5.74, 6) is -0.777. The molecular formula is C15H11Cl2NO2. The highest BCUT2D eigenvalue weighted by Gasteiger charge is 2.20. The van der Waals surface area contributed by atoms with Crippen LogP contribution in [0.3, 0.4) is 0 Å². The van der Waals surface area contributed by atoms with Crippen molar-refractivity contribution >= 4 is 34.9 Å². The summed E-state index contributed by atoms with van der Waals surface area (Å²) >= 11 is 11.7. The molecule has 1 unspecified atom stereocenters. The van der Waals surface area contributed by atoms with Gasteiger partial charge in [-0.2, -0.15) is 0 Å². The number of benzene rings is 2. The van der Waals surface area contributed by atoms with Crippen LogP contribution < -0.4 is 5.32 Å². The van der Waals surface area contributed by atoms with Crippen LogP contribution in [0, 0.1) is 0 Å². The molecule has 0 aliphatic carbocycles. The number of Topliss-reactive ketones (excluding diaryl/α,β-unsaturated/α-hetero) is 1. The first-order chi connectivity index (χ1) is 9.58. The van der Waals surface area contributed by atoms with Crippen molar-refractivity contribution in [2.45, 2.75) is 5.50 Å². The van der Waals surface area contributed by atoms with E-state index in [9.17, 15) is 9.59 Å². The molecule has 0 fully saturated rings. The molecule has 0 spiro atoms. The summed E-state index contributed by atoms with van der Waals surface area (Å²) in [5.41, 5.74) is -0.284. The van der Waals surface area contributed by atoms with E-state index < -0.39 is 11.4 Å². The maximum absolute atomic E-state index is 12.0. The monoisotopic (exact) mass is 307 g/mol. The van der Waals surface area contributed by atoms with Gasteiger partial charge < -0.3 is 5.32 Å². The number of halogens is 2. The fraction of sp³-hybridized carbons (Fsp3) is 0.0667. The number of hydrogen-bond acceptors (Lipinski definition) is 2. The van der Waals surface area contributed by atoms with Gasteiger partial charge in [0.05, 0.1) is 0 Å². The van der Waals surface area contributed by atoms with E-state index in [2.05, 4.69) is 5.32 Å². The van der Waals surface area contributed by atoms with E-state index in [1.165, 1.54) is 0 Å². The molecule has 0 bridgehead atoms. The Morgan fingerprint density at radius 1 is 0.900 bits per heavy atom. The molecule has 0 saturated carbocycles. The molecule has 5 heteroatoms. The molecule has 3 nitrogen and oxygen atoms in total. The normalized spacial score (nSPS) is 11.7. The van der Waals surface area contributed by atoms with Gasteiger partial charge in [0, 0.05) is 16.1 Å². The first kappa shape index (κ1) is 14.6. The molecule has 1 atom stereocenters. The Morgan fingerprint density at radius 3 is 2.10 bits per heavy atom. The van der Waals surface area contributed by atoms with Crippen molar-refractivity contribution in [1.82, 2.24) is 5.32 Å². The summed E-state index contributed by atoms with van der Waals surface area (Å²) in [5, 5.41) is 2.98. The van der Waals surface area contributed by atoms with E-state index in [4.69, 9.17) is 23.2 Å². The van der Waals surface area contributed by atoms with Crippen molar-refractivity contribution < 1.29 is 9.59 Å². The van der Waals surface area contributed by atoms with Gasteiger partial charge in [0.1, 0.15) is 0 Å². The number of nitrogens with one attached hydrogen (secondary N) is 1. The molecule has 2 aromatic rings. The number of carbonyl (C=O) groups excluding carboxylic acids is 2. The summed E-state index contributed by atoms with van der Waals surface area (Å²) < 4.78 is 0. The summed E-state index contributed by atoms with van der Waals surface area (Å²) in [7, 11) is 0. The standard InChI is InChI=1S/C15H11Cl2NO2/c16-12-8-6-10(7-9-12)13(19)14(17)18-15(20)11-4-2-1-3-5-11/h1-9,14H,(H,18,20). The lowest BCUT2D eigenvalue weighted by molar-refractivity contribution is 0.0889. The zero-order chi connectivity index (χ0) is 14.5. The maximum Gasteiger partial charge on any atom is 0.252 e. The number of rotatable bonds is 4. The zero-order valence-electron chi connectivity index (χ0n) is 10.3. The smallest absolute Gasteiger partial charge is 0.252 e. The van der Waals surface area contributed by atoms with E-state index in [-0.39, 0.29) is 5.78 Å². The first-order valence-electron chi connectivity index (χ1n) is 5.87. The molecule has 0 aliphatic rings. The second-order valence-corrected chi connectivity index (χ2v) is 4.95. The summed E-state index contributed by atoms with van der Waals surface area (Å²) in [6.07, 6.45) is 0. The largest absolute Gasteiger partial charge is 0.329 e. The summed E-state index contributed by atoms with van der Waals surface area (Å²) in [6.45, 7) is 0. The minimum absolute atomic E-state index is 0.382. The molecule has 102 valence electrons. The molecule has 0 saturated heterocycles. The highest BCUT2D eigenvalue weighted by atomic mass is 35.5. The van der Waals surface area contributed by atoms with Crippen LogP contribution in [-0.4, -0.2) is 17.2 Å². The minimum atomic E-state index is -1.12. The second kappa shape index (κ2) is 6.55. The molecule has 0 heterocycles. The predicted molar refractivity (Wildman–Crippen MR) is 79.3 cm³/mol. The fourth-order valence-corrected chi connectivity index (χ4v) is 1.97. The van der Waals surface area contributed by atoms with Gasteiger partial charge in [-0.15, -0.1) is 0 Å². The third kappa shape index (κ3) is 3.59. The fourth-order valence-electron chi connectivity index (χ4n) is 1.61. The highest BCUT2D eigenvalue weighted by Crippen LogP contribution is 2.13. The van der Waals surface area contributed by atoms with Crippen LogP contribution in [-0.2, 0) is 0 Å². The van der Waals surface area contributed by atoms with Gasteiger partial charge in [-0.25, -0.2) is 0 Å². The van der Waals surface area contributed by atoms with E-state index in [0.717, 1.165) is 0 Å². The summed E-state index contributed by atoms with van der Waals surface area (Å²) in [4.78, 5) is 23.9. The summed E-state index contributed by atoms with van der Waals surface area (Å²) in [6, 6.07) is 14.9. The van der Waals surface area contributed by atoms with Crippen molar-refractivity contribution in [2.75, 3.05) is 0 Å². The van der Waals surface area contributed by atoms with E-state index in [1.807, 2.05) is 0 Å². The van der Waals surface area contributed by atoms with E-state index >= 15 is 0 Å². The lowest BCUT2D eigenvalue weighted by Gasteiger charge is -2.11. The average Bonchev–Trinajstić information content (AvgIpc) is 2.48. The highest BCUT2D eigenvalue weighted by molar-refractivity contribution is 6.35. The van der Waals surface area contributed by atoms with Gasteiger partial charge in [0.2, 0.25) is 0 Å². The SMILES string of the molecule is O=C(NC(Cl)C(=O)c1ccc(Cl)cc1)c1ccccc1. The Morgan fingerprint density at radius 2 is 1.50 bits per heavy atom. The first-order valence-corrected chi connectivity index (χ1v) is 6.69. The zero-order valence-corrected chi connectivity index (χ0v) is 11.9. The molecule has 2 aromatic carbocycles. The third-order valence-electron chi connectivity index (χ3n) is 2.65. The third-order valence-corrected chi connectivity index (χ3v) is 3.21. The number of carbonyl (C=O) groups is 2. The molecular weight excluding hydrogens is 297 g/mol. The van der Waals surface area contributed by atoms with Crippen LogP contribution in [0.5, 0.6) is 0 Å². The molecule has 0 radical (unpaired) electrons. The molecule has 0 aliphatic heterocycles. The molecule has 0 aromatic heterocycles. The van der Waals surface area contributed by atoms with Gasteiger partial charge in [0.15, 0.2) is 11.3 Å². The van der Waals surface area contributed by atoms with Crippen molar-refractivity contribution in [3.8, 4) is 0 Å². The Kier molecular flexibility index (Phi) is 4.77. The van der Waals surface area contributed by atoms with Crippen LogP contribution in [0.25, 0.3) is 0 Å². The van der Waals surface area contributed by atoms with Gasteiger partial charge in [-0.1, -0.05) is 41.4 Å².